The minimum Gasteiger partial charge on any atom is -0.298 e. The molecular formula is C13H15NO. The second-order valence-electron chi connectivity index (χ2n) is 3.99. The third-order valence-corrected chi connectivity index (χ3v) is 2.56. The molecule has 0 aromatic heterocycles. The lowest BCUT2D eigenvalue weighted by Gasteiger charge is -2.13. The number of benzene rings is 1. The summed E-state index contributed by atoms with van der Waals surface area (Å²) in [5.41, 5.74) is 4.08. The van der Waals surface area contributed by atoms with Crippen LogP contribution < -0.4 is 0 Å². The van der Waals surface area contributed by atoms with E-state index in [2.05, 4.69) is 6.07 Å². The van der Waals surface area contributed by atoms with Gasteiger partial charge in [-0.1, -0.05) is 17.7 Å². The minimum atomic E-state index is -0.620. The van der Waals surface area contributed by atoms with Gasteiger partial charge in [0, 0.05) is 0 Å². The van der Waals surface area contributed by atoms with Gasteiger partial charge in [0.05, 0.1) is 6.07 Å². The fourth-order valence-electron chi connectivity index (χ4n) is 2.01. The molecular weight excluding hydrogens is 186 g/mol. The van der Waals surface area contributed by atoms with E-state index in [0.717, 1.165) is 22.3 Å². The fourth-order valence-corrected chi connectivity index (χ4v) is 2.01. The topological polar surface area (TPSA) is 40.9 Å². The number of hydrogen-bond donors (Lipinski definition) is 0. The molecule has 0 saturated heterocycles. The van der Waals surface area contributed by atoms with Crippen molar-refractivity contribution < 1.29 is 4.79 Å². The van der Waals surface area contributed by atoms with Crippen LogP contribution in [0, 0.1) is 32.1 Å². The average Bonchev–Trinajstić information content (AvgIpc) is 2.09. The van der Waals surface area contributed by atoms with E-state index in [0.29, 0.717) is 0 Å². The van der Waals surface area contributed by atoms with Crippen molar-refractivity contribution in [1.29, 1.82) is 5.26 Å². The zero-order chi connectivity index (χ0) is 11.6. The van der Waals surface area contributed by atoms with Crippen molar-refractivity contribution in [3.05, 3.63) is 34.4 Å². The summed E-state index contributed by atoms with van der Waals surface area (Å²) in [5.74, 6) is -0.710. The molecule has 0 spiro atoms. The van der Waals surface area contributed by atoms with Crippen LogP contribution in [0.3, 0.4) is 0 Å². The van der Waals surface area contributed by atoms with Crippen molar-refractivity contribution in [2.24, 2.45) is 0 Å². The van der Waals surface area contributed by atoms with Gasteiger partial charge in [-0.2, -0.15) is 5.26 Å². The highest BCUT2D eigenvalue weighted by molar-refractivity contribution is 5.87. The monoisotopic (exact) mass is 201 g/mol. The van der Waals surface area contributed by atoms with E-state index in [1.807, 2.05) is 32.9 Å². The maximum atomic E-state index is 11.3. The highest BCUT2D eigenvalue weighted by Crippen LogP contribution is 2.25. The van der Waals surface area contributed by atoms with E-state index in [-0.39, 0.29) is 5.78 Å². The Kier molecular flexibility index (Phi) is 3.26. The lowest BCUT2D eigenvalue weighted by atomic mass is 9.88. The predicted octanol–water partition coefficient (Wildman–Crippen LogP) is 2.81. The second kappa shape index (κ2) is 4.27. The van der Waals surface area contributed by atoms with E-state index in [1.54, 1.807) is 0 Å². The molecule has 1 aromatic rings. The highest BCUT2D eigenvalue weighted by atomic mass is 16.1. The Hall–Kier alpha value is -1.62. The standard InChI is InChI=1S/C13H15NO/c1-8-5-9(2)13(10(3)6-8)12(7-14)11(4)15/h5-6,12H,1-4H3. The highest BCUT2D eigenvalue weighted by Gasteiger charge is 2.20. The van der Waals surface area contributed by atoms with Gasteiger partial charge in [-0.25, -0.2) is 0 Å². The lowest BCUT2D eigenvalue weighted by Crippen LogP contribution is -2.10. The summed E-state index contributed by atoms with van der Waals surface area (Å²) in [4.78, 5) is 11.3. The van der Waals surface area contributed by atoms with Crippen molar-refractivity contribution in [1.82, 2.24) is 0 Å². The molecule has 0 radical (unpaired) electrons. The smallest absolute Gasteiger partial charge is 0.151 e. The minimum absolute atomic E-state index is 0.0902. The molecule has 2 heteroatoms. The van der Waals surface area contributed by atoms with Gasteiger partial charge in [0.2, 0.25) is 0 Å². The van der Waals surface area contributed by atoms with Crippen LogP contribution in [-0.2, 0) is 4.79 Å². The molecule has 1 unspecified atom stereocenters. The quantitative estimate of drug-likeness (QED) is 0.738. The van der Waals surface area contributed by atoms with Crippen LogP contribution in [0.1, 0.15) is 35.1 Å². The molecule has 1 rings (SSSR count). The Morgan fingerprint density at radius 3 is 2.07 bits per heavy atom. The van der Waals surface area contributed by atoms with E-state index in [1.165, 1.54) is 6.92 Å². The molecule has 0 aliphatic carbocycles. The Balaban J connectivity index is 3.37. The number of Topliss-reactive ketones (excluding diaryl/α,β-unsaturated/α-hetero) is 1. The van der Waals surface area contributed by atoms with Crippen molar-refractivity contribution >= 4 is 5.78 Å². The zero-order valence-electron chi connectivity index (χ0n) is 9.59. The SMILES string of the molecule is CC(=O)C(C#N)c1c(C)cc(C)cc1C. The van der Waals surface area contributed by atoms with Gasteiger partial charge in [-0.3, -0.25) is 4.79 Å². The molecule has 78 valence electrons. The van der Waals surface area contributed by atoms with E-state index in [9.17, 15) is 4.79 Å². The molecule has 0 aliphatic heterocycles. The number of nitrogens with zero attached hydrogens (tertiary/aromatic N) is 1. The first kappa shape index (κ1) is 11.5. The first-order valence-electron chi connectivity index (χ1n) is 4.95. The van der Waals surface area contributed by atoms with Crippen LogP contribution in [0.15, 0.2) is 12.1 Å². The summed E-state index contributed by atoms with van der Waals surface area (Å²) < 4.78 is 0. The first-order chi connectivity index (χ1) is 6.97. The molecule has 15 heavy (non-hydrogen) atoms. The molecule has 0 N–H and O–H groups in total. The maximum absolute atomic E-state index is 11.3. The average molecular weight is 201 g/mol. The Morgan fingerprint density at radius 1 is 1.27 bits per heavy atom. The second-order valence-corrected chi connectivity index (χ2v) is 3.99. The number of aryl methyl sites for hydroxylation is 3. The summed E-state index contributed by atoms with van der Waals surface area (Å²) in [6, 6.07) is 6.09. The summed E-state index contributed by atoms with van der Waals surface area (Å²) in [6.07, 6.45) is 0. The molecule has 0 amide bonds. The number of rotatable bonds is 2. The number of carbonyl (C=O) groups excluding carboxylic acids is 1. The van der Waals surface area contributed by atoms with Crippen LogP contribution in [0.5, 0.6) is 0 Å². The summed E-state index contributed by atoms with van der Waals surface area (Å²) >= 11 is 0. The number of hydrogen-bond acceptors (Lipinski definition) is 2. The van der Waals surface area contributed by atoms with Crippen LogP contribution in [0.2, 0.25) is 0 Å². The van der Waals surface area contributed by atoms with Crippen LogP contribution >= 0.6 is 0 Å². The van der Waals surface area contributed by atoms with E-state index >= 15 is 0 Å². The molecule has 0 fully saturated rings. The summed E-state index contributed by atoms with van der Waals surface area (Å²) in [7, 11) is 0. The normalized spacial score (nSPS) is 11.9. The van der Waals surface area contributed by atoms with E-state index < -0.39 is 5.92 Å². The van der Waals surface area contributed by atoms with Crippen molar-refractivity contribution in [3.63, 3.8) is 0 Å². The zero-order valence-corrected chi connectivity index (χ0v) is 9.59. The van der Waals surface area contributed by atoms with Crippen LogP contribution in [0.4, 0.5) is 0 Å². The van der Waals surface area contributed by atoms with Crippen LogP contribution in [0.25, 0.3) is 0 Å². The van der Waals surface area contributed by atoms with Gasteiger partial charge in [0.15, 0.2) is 5.78 Å². The summed E-state index contributed by atoms with van der Waals surface area (Å²) in [6.45, 7) is 7.37. The molecule has 0 saturated carbocycles. The third-order valence-electron chi connectivity index (χ3n) is 2.56. The summed E-state index contributed by atoms with van der Waals surface area (Å²) in [5, 5.41) is 9.00. The van der Waals surface area contributed by atoms with Crippen molar-refractivity contribution in [3.8, 4) is 6.07 Å². The Bertz CT molecular complexity index is 417. The first-order valence-corrected chi connectivity index (χ1v) is 4.95. The largest absolute Gasteiger partial charge is 0.298 e. The molecule has 1 aromatic carbocycles. The van der Waals surface area contributed by atoms with Gasteiger partial charge >= 0.3 is 0 Å². The Morgan fingerprint density at radius 2 is 1.73 bits per heavy atom. The number of ketones is 1. The van der Waals surface area contributed by atoms with Crippen molar-refractivity contribution in [2.75, 3.05) is 0 Å². The molecule has 2 nitrogen and oxygen atoms in total. The van der Waals surface area contributed by atoms with Gasteiger partial charge in [-0.15, -0.1) is 0 Å². The van der Waals surface area contributed by atoms with Crippen LogP contribution in [-0.4, -0.2) is 5.78 Å². The van der Waals surface area contributed by atoms with Gasteiger partial charge in [0.25, 0.3) is 0 Å². The number of carbonyl (C=O) groups is 1. The predicted molar refractivity (Wildman–Crippen MR) is 59.7 cm³/mol. The Labute approximate surface area is 90.5 Å². The van der Waals surface area contributed by atoms with Gasteiger partial charge in [0.1, 0.15) is 5.92 Å². The fraction of sp³-hybridized carbons (Fsp3) is 0.385. The number of nitriles is 1. The van der Waals surface area contributed by atoms with Gasteiger partial charge < -0.3 is 0 Å². The van der Waals surface area contributed by atoms with E-state index in [4.69, 9.17) is 5.26 Å². The third kappa shape index (κ3) is 2.24. The molecule has 0 heterocycles. The molecule has 1 atom stereocenters. The maximum Gasteiger partial charge on any atom is 0.151 e. The lowest BCUT2D eigenvalue weighted by molar-refractivity contribution is -0.117. The molecule has 0 bridgehead atoms. The van der Waals surface area contributed by atoms with Crippen molar-refractivity contribution in [2.45, 2.75) is 33.6 Å². The molecule has 0 aliphatic rings. The van der Waals surface area contributed by atoms with Gasteiger partial charge in [-0.05, 0) is 44.4 Å².